The van der Waals surface area contributed by atoms with Gasteiger partial charge in [-0.15, -0.1) is 0 Å². The van der Waals surface area contributed by atoms with E-state index in [1.54, 1.807) is 0 Å². The van der Waals surface area contributed by atoms with Gasteiger partial charge in [-0.1, -0.05) is 81.4 Å². The molecule has 0 bridgehead atoms. The van der Waals surface area contributed by atoms with Crippen LogP contribution in [-0.4, -0.2) is 35.1 Å². The minimum Gasteiger partial charge on any atom is -0.394 e. The van der Waals surface area contributed by atoms with Crippen LogP contribution in [0.25, 0.3) is 0 Å². The third-order valence-corrected chi connectivity index (χ3v) is 4.48. The van der Waals surface area contributed by atoms with Gasteiger partial charge in [0.25, 0.3) is 0 Å². The van der Waals surface area contributed by atoms with Gasteiger partial charge < -0.3 is 20.3 Å². The number of benzene rings is 2. The fraction of sp³-hybridized carbons (Fsp3) is 0.455. The van der Waals surface area contributed by atoms with Crippen LogP contribution in [0, 0.1) is 5.41 Å². The molecule has 0 aliphatic heterocycles. The maximum absolute atomic E-state index is 10.4. The van der Waals surface area contributed by atoms with Gasteiger partial charge in [0, 0.05) is 12.6 Å². The zero-order valence-corrected chi connectivity index (χ0v) is 15.9. The van der Waals surface area contributed by atoms with Crippen molar-refractivity contribution < 1.29 is 14.9 Å². The van der Waals surface area contributed by atoms with Gasteiger partial charge in [-0.2, -0.15) is 0 Å². The van der Waals surface area contributed by atoms with Crippen LogP contribution in [0.3, 0.4) is 0 Å². The van der Waals surface area contributed by atoms with Gasteiger partial charge in [-0.3, -0.25) is 0 Å². The van der Waals surface area contributed by atoms with Gasteiger partial charge >= 0.3 is 0 Å². The molecule has 0 saturated carbocycles. The van der Waals surface area contributed by atoms with Crippen molar-refractivity contribution in [3.63, 3.8) is 0 Å². The Bertz CT molecular complexity index is 625. The molecule has 0 unspecified atom stereocenters. The summed E-state index contributed by atoms with van der Waals surface area (Å²) in [5, 5.41) is 23.5. The Labute approximate surface area is 156 Å². The smallest absolute Gasteiger partial charge is 0.105 e. The van der Waals surface area contributed by atoms with Crippen LogP contribution in [0.4, 0.5) is 0 Å². The van der Waals surface area contributed by atoms with E-state index in [1.165, 1.54) is 5.56 Å². The predicted octanol–water partition coefficient (Wildman–Crippen LogP) is 3.13. The third-order valence-electron chi connectivity index (χ3n) is 4.48. The number of nitrogens with one attached hydrogen (secondary N) is 1. The lowest BCUT2D eigenvalue weighted by molar-refractivity contribution is -0.0983. The molecular weight excluding hydrogens is 326 g/mol. The number of rotatable bonds is 9. The van der Waals surface area contributed by atoms with Crippen LogP contribution >= 0.6 is 0 Å². The lowest BCUT2D eigenvalue weighted by Gasteiger charge is -2.39. The number of ether oxygens (including phenoxy) is 1. The second kappa shape index (κ2) is 9.83. The Hall–Kier alpha value is -1.72. The van der Waals surface area contributed by atoms with Crippen molar-refractivity contribution in [1.82, 2.24) is 5.32 Å². The van der Waals surface area contributed by atoms with E-state index >= 15 is 0 Å². The summed E-state index contributed by atoms with van der Waals surface area (Å²) < 4.78 is 6.09. The number of hydrogen-bond donors (Lipinski definition) is 3. The fourth-order valence-electron chi connectivity index (χ4n) is 3.04. The predicted molar refractivity (Wildman–Crippen MR) is 105 cm³/mol. The molecule has 0 heterocycles. The minimum absolute atomic E-state index is 0.131. The number of hydrogen-bond acceptors (Lipinski definition) is 4. The van der Waals surface area contributed by atoms with E-state index in [0.717, 1.165) is 5.56 Å². The average Bonchev–Trinajstić information content (AvgIpc) is 2.64. The first kappa shape index (κ1) is 20.6. The van der Waals surface area contributed by atoms with E-state index in [0.29, 0.717) is 13.2 Å². The molecule has 0 amide bonds. The summed E-state index contributed by atoms with van der Waals surface area (Å²) in [5.74, 6) is 0. The van der Waals surface area contributed by atoms with Gasteiger partial charge in [0.2, 0.25) is 0 Å². The molecule has 26 heavy (non-hydrogen) atoms. The molecule has 0 aromatic heterocycles. The van der Waals surface area contributed by atoms with Crippen molar-refractivity contribution in [3.8, 4) is 0 Å². The summed E-state index contributed by atoms with van der Waals surface area (Å²) in [4.78, 5) is 0. The molecule has 0 aliphatic carbocycles. The van der Waals surface area contributed by atoms with E-state index in [1.807, 2.05) is 48.5 Å². The van der Waals surface area contributed by atoms with E-state index in [2.05, 4.69) is 38.2 Å². The van der Waals surface area contributed by atoms with Crippen LogP contribution in [0.2, 0.25) is 0 Å². The standard InChI is InChI=1S/C22H31NO3/c1-22(2,3)21(23-14-17-10-6-4-7-11-17)20(19(25)15-24)26-16-18-12-8-5-9-13-18/h4-13,19-21,23-25H,14-16H2,1-3H3/t19-,20+,21-/m0/s1. The third kappa shape index (κ3) is 6.22. The molecule has 0 fully saturated rings. The Balaban J connectivity index is 2.12. The monoisotopic (exact) mass is 357 g/mol. The average molecular weight is 357 g/mol. The van der Waals surface area contributed by atoms with Crippen LogP contribution < -0.4 is 5.32 Å². The molecule has 3 N–H and O–H groups in total. The van der Waals surface area contributed by atoms with Crippen molar-refractivity contribution in [2.45, 2.75) is 52.2 Å². The largest absolute Gasteiger partial charge is 0.394 e. The van der Waals surface area contributed by atoms with E-state index in [4.69, 9.17) is 4.74 Å². The molecule has 2 rings (SSSR count). The Kier molecular flexibility index (Phi) is 7.79. The zero-order chi connectivity index (χ0) is 19.0. The van der Waals surface area contributed by atoms with E-state index in [-0.39, 0.29) is 18.1 Å². The summed E-state index contributed by atoms with van der Waals surface area (Å²) in [7, 11) is 0. The molecule has 4 nitrogen and oxygen atoms in total. The Morgan fingerprint density at radius 3 is 1.96 bits per heavy atom. The summed E-state index contributed by atoms with van der Waals surface area (Å²) in [6.07, 6.45) is -1.48. The molecule has 0 saturated heterocycles. The lowest BCUT2D eigenvalue weighted by Crippen LogP contribution is -2.55. The lowest BCUT2D eigenvalue weighted by atomic mass is 9.81. The highest BCUT2D eigenvalue weighted by Crippen LogP contribution is 2.26. The molecule has 0 aliphatic rings. The Morgan fingerprint density at radius 2 is 1.46 bits per heavy atom. The Morgan fingerprint density at radius 1 is 0.923 bits per heavy atom. The molecule has 3 atom stereocenters. The maximum Gasteiger partial charge on any atom is 0.105 e. The summed E-state index contributed by atoms with van der Waals surface area (Å²) in [6, 6.07) is 19.9. The van der Waals surface area contributed by atoms with Crippen molar-refractivity contribution in [2.24, 2.45) is 5.41 Å². The summed E-state index contributed by atoms with van der Waals surface area (Å²) in [6.45, 7) is 7.06. The molecule has 2 aromatic rings. The SMILES string of the molecule is CC(C)(C)[C@@H](NCc1ccccc1)[C@H](OCc1ccccc1)[C@@H](O)CO. The van der Waals surface area contributed by atoms with Gasteiger partial charge in [0.1, 0.15) is 12.2 Å². The van der Waals surface area contributed by atoms with E-state index in [9.17, 15) is 10.2 Å². The van der Waals surface area contributed by atoms with Gasteiger partial charge in [-0.05, 0) is 16.5 Å². The van der Waals surface area contributed by atoms with Crippen molar-refractivity contribution in [1.29, 1.82) is 0 Å². The number of aliphatic hydroxyl groups excluding tert-OH is 2. The first-order chi connectivity index (χ1) is 12.4. The van der Waals surface area contributed by atoms with Crippen LogP contribution in [0.5, 0.6) is 0 Å². The highest BCUT2D eigenvalue weighted by atomic mass is 16.5. The second-order valence-corrected chi connectivity index (χ2v) is 7.72. The minimum atomic E-state index is -0.953. The first-order valence-corrected chi connectivity index (χ1v) is 9.13. The number of aliphatic hydroxyl groups is 2. The first-order valence-electron chi connectivity index (χ1n) is 9.13. The molecule has 0 radical (unpaired) electrons. The summed E-state index contributed by atoms with van der Waals surface area (Å²) >= 11 is 0. The van der Waals surface area contributed by atoms with Gasteiger partial charge in [0.15, 0.2) is 0 Å². The van der Waals surface area contributed by atoms with Gasteiger partial charge in [-0.25, -0.2) is 0 Å². The second-order valence-electron chi connectivity index (χ2n) is 7.72. The van der Waals surface area contributed by atoms with E-state index < -0.39 is 12.2 Å². The normalized spacial score (nSPS) is 15.4. The molecule has 142 valence electrons. The maximum atomic E-state index is 10.4. The highest BCUT2D eigenvalue weighted by molar-refractivity contribution is 5.15. The van der Waals surface area contributed by atoms with Crippen molar-refractivity contribution in [3.05, 3.63) is 71.8 Å². The summed E-state index contributed by atoms with van der Waals surface area (Å²) in [5.41, 5.74) is 2.05. The molecule has 2 aromatic carbocycles. The van der Waals surface area contributed by atoms with Crippen LogP contribution in [0.15, 0.2) is 60.7 Å². The zero-order valence-electron chi connectivity index (χ0n) is 15.9. The van der Waals surface area contributed by atoms with Crippen molar-refractivity contribution >= 4 is 0 Å². The van der Waals surface area contributed by atoms with Crippen LogP contribution in [0.1, 0.15) is 31.9 Å². The molecule has 4 heteroatoms. The van der Waals surface area contributed by atoms with Crippen molar-refractivity contribution in [2.75, 3.05) is 6.61 Å². The fourth-order valence-corrected chi connectivity index (χ4v) is 3.04. The highest BCUT2D eigenvalue weighted by Gasteiger charge is 2.36. The van der Waals surface area contributed by atoms with Crippen LogP contribution in [-0.2, 0) is 17.9 Å². The molecule has 0 spiro atoms. The topological polar surface area (TPSA) is 61.7 Å². The quantitative estimate of drug-likeness (QED) is 0.645. The van der Waals surface area contributed by atoms with Gasteiger partial charge in [0.05, 0.1) is 13.2 Å². The molecular formula is C22H31NO3.